The second kappa shape index (κ2) is 2.72. The van der Waals surface area contributed by atoms with Crippen molar-refractivity contribution in [2.24, 2.45) is 0 Å². The largest absolute Gasteiger partial charge is 0.317 e. The second-order valence-electron chi connectivity index (χ2n) is 3.49. The van der Waals surface area contributed by atoms with Gasteiger partial charge in [-0.05, 0) is 5.56 Å². The van der Waals surface area contributed by atoms with Gasteiger partial charge in [-0.15, -0.1) is 0 Å². The van der Waals surface area contributed by atoms with Crippen LogP contribution < -0.4 is 0 Å². The molecule has 0 aromatic heterocycles. The van der Waals surface area contributed by atoms with Crippen molar-refractivity contribution in [3.05, 3.63) is 35.9 Å². The molecule has 0 heterocycles. The van der Waals surface area contributed by atoms with E-state index in [9.17, 15) is 17.6 Å². The van der Waals surface area contributed by atoms with Crippen molar-refractivity contribution in [1.29, 1.82) is 0 Å². The lowest BCUT2D eigenvalue weighted by Crippen LogP contribution is -2.56. The summed E-state index contributed by atoms with van der Waals surface area (Å²) in [5.74, 6) is -9.07. The third kappa shape index (κ3) is 1.13. The highest BCUT2D eigenvalue weighted by molar-refractivity contribution is 5.28. The zero-order valence-corrected chi connectivity index (χ0v) is 7.18. The molecule has 1 aromatic carbocycles. The number of hydrogen-bond donors (Lipinski definition) is 0. The van der Waals surface area contributed by atoms with Gasteiger partial charge in [0.25, 0.3) is 0 Å². The lowest BCUT2D eigenvalue weighted by Gasteiger charge is -2.44. The smallest absolute Gasteiger partial charge is 0.200 e. The van der Waals surface area contributed by atoms with Gasteiger partial charge in [-0.25, -0.2) is 0 Å². The Morgan fingerprint density at radius 1 is 1.00 bits per heavy atom. The van der Waals surface area contributed by atoms with Crippen molar-refractivity contribution in [2.45, 2.75) is 24.2 Å². The fourth-order valence-corrected chi connectivity index (χ4v) is 1.66. The van der Waals surface area contributed by atoms with Gasteiger partial charge in [-0.3, -0.25) is 0 Å². The minimum Gasteiger partial charge on any atom is -0.200 e. The summed E-state index contributed by atoms with van der Waals surface area (Å²) in [7, 11) is 0. The Hall–Kier alpha value is -1.06. The summed E-state index contributed by atoms with van der Waals surface area (Å²) in [6.07, 6.45) is -0.760. The number of hydrogen-bond acceptors (Lipinski definition) is 0. The Morgan fingerprint density at radius 2 is 1.57 bits per heavy atom. The normalized spacial score (nSPS) is 28.1. The fourth-order valence-electron chi connectivity index (χ4n) is 1.66. The number of benzene rings is 1. The van der Waals surface area contributed by atoms with Crippen LogP contribution in [0, 0.1) is 0 Å². The summed E-state index contributed by atoms with van der Waals surface area (Å²) in [6.45, 7) is 0. The molecule has 4 heteroatoms. The monoisotopic (exact) mass is 204 g/mol. The number of halogens is 4. The van der Waals surface area contributed by atoms with E-state index in [-0.39, 0.29) is 5.56 Å². The van der Waals surface area contributed by atoms with Gasteiger partial charge < -0.3 is 0 Å². The summed E-state index contributed by atoms with van der Waals surface area (Å²) >= 11 is 0. The van der Waals surface area contributed by atoms with Crippen molar-refractivity contribution in [1.82, 2.24) is 0 Å². The summed E-state index contributed by atoms with van der Waals surface area (Å²) in [5.41, 5.74) is 0.281. The SMILES string of the molecule is FC1(F)CC(c2ccccc2)C1(F)F. The van der Waals surface area contributed by atoms with Crippen LogP contribution in [0.5, 0.6) is 0 Å². The molecule has 0 radical (unpaired) electrons. The summed E-state index contributed by atoms with van der Waals surface area (Å²) in [6, 6.07) is 7.71. The van der Waals surface area contributed by atoms with E-state index in [1.54, 1.807) is 18.2 Å². The Morgan fingerprint density at radius 3 is 2.00 bits per heavy atom. The molecule has 1 atom stereocenters. The highest BCUT2D eigenvalue weighted by Gasteiger charge is 2.71. The standard InChI is InChI=1S/C10H8F4/c11-9(12)6-8(10(9,13)14)7-4-2-1-3-5-7/h1-5,8H,6H2. The van der Waals surface area contributed by atoms with E-state index in [4.69, 9.17) is 0 Å². The molecular weight excluding hydrogens is 196 g/mol. The van der Waals surface area contributed by atoms with Crippen LogP contribution in [-0.2, 0) is 0 Å². The van der Waals surface area contributed by atoms with E-state index in [1.807, 2.05) is 0 Å². The van der Waals surface area contributed by atoms with Crippen molar-refractivity contribution in [3.63, 3.8) is 0 Å². The van der Waals surface area contributed by atoms with E-state index in [0.717, 1.165) is 0 Å². The van der Waals surface area contributed by atoms with Crippen LogP contribution in [0.3, 0.4) is 0 Å². The third-order valence-corrected chi connectivity index (χ3v) is 2.59. The molecule has 0 spiro atoms. The van der Waals surface area contributed by atoms with Crippen LogP contribution in [0.1, 0.15) is 17.9 Å². The maximum Gasteiger partial charge on any atom is 0.317 e. The minimum absolute atomic E-state index is 0.281. The summed E-state index contributed by atoms with van der Waals surface area (Å²) in [4.78, 5) is 0. The molecule has 0 nitrogen and oxygen atoms in total. The Kier molecular flexibility index (Phi) is 1.84. The van der Waals surface area contributed by atoms with Crippen LogP contribution in [-0.4, -0.2) is 11.8 Å². The minimum atomic E-state index is -3.89. The third-order valence-electron chi connectivity index (χ3n) is 2.59. The fraction of sp³-hybridized carbons (Fsp3) is 0.400. The van der Waals surface area contributed by atoms with Crippen LogP contribution >= 0.6 is 0 Å². The highest BCUT2D eigenvalue weighted by Crippen LogP contribution is 2.59. The molecule has 0 amide bonds. The van der Waals surface area contributed by atoms with Gasteiger partial charge >= 0.3 is 11.8 Å². The zero-order chi connectivity index (χ0) is 10.4. The molecule has 76 valence electrons. The van der Waals surface area contributed by atoms with E-state index in [1.165, 1.54) is 12.1 Å². The van der Waals surface area contributed by atoms with Crippen LogP contribution in [0.4, 0.5) is 17.6 Å². The van der Waals surface area contributed by atoms with E-state index >= 15 is 0 Å². The Labute approximate surface area is 78.5 Å². The molecule has 1 aromatic rings. The molecule has 2 rings (SSSR count). The van der Waals surface area contributed by atoms with Crippen molar-refractivity contribution in [2.75, 3.05) is 0 Å². The first-order valence-electron chi connectivity index (χ1n) is 4.26. The average molecular weight is 204 g/mol. The predicted molar refractivity (Wildman–Crippen MR) is 43.7 cm³/mol. The van der Waals surface area contributed by atoms with Crippen molar-refractivity contribution >= 4 is 0 Å². The van der Waals surface area contributed by atoms with Crippen LogP contribution in [0.25, 0.3) is 0 Å². The maximum absolute atomic E-state index is 12.9. The molecular formula is C10H8F4. The molecule has 14 heavy (non-hydrogen) atoms. The van der Waals surface area contributed by atoms with Gasteiger partial charge in [-0.1, -0.05) is 30.3 Å². The quantitative estimate of drug-likeness (QED) is 0.614. The van der Waals surface area contributed by atoms with Gasteiger partial charge in [0, 0.05) is 6.42 Å². The first kappa shape index (κ1) is 9.49. The van der Waals surface area contributed by atoms with Gasteiger partial charge in [-0.2, -0.15) is 17.6 Å². The Balaban J connectivity index is 2.26. The molecule has 0 aliphatic heterocycles. The highest BCUT2D eigenvalue weighted by atomic mass is 19.3. The molecule has 1 aliphatic carbocycles. The Bertz CT molecular complexity index is 331. The van der Waals surface area contributed by atoms with Crippen molar-refractivity contribution < 1.29 is 17.6 Å². The molecule has 0 bridgehead atoms. The number of alkyl halides is 4. The lowest BCUT2D eigenvalue weighted by molar-refractivity contribution is -0.290. The van der Waals surface area contributed by atoms with Gasteiger partial charge in [0.15, 0.2) is 0 Å². The maximum atomic E-state index is 12.9. The molecule has 1 fully saturated rings. The number of rotatable bonds is 1. The van der Waals surface area contributed by atoms with Gasteiger partial charge in [0.1, 0.15) is 0 Å². The predicted octanol–water partition coefficient (Wildman–Crippen LogP) is 3.44. The van der Waals surface area contributed by atoms with E-state index in [2.05, 4.69) is 0 Å². The van der Waals surface area contributed by atoms with Crippen LogP contribution in [0.15, 0.2) is 30.3 Å². The average Bonchev–Trinajstić information content (AvgIpc) is 2.16. The van der Waals surface area contributed by atoms with E-state index < -0.39 is 24.2 Å². The summed E-state index contributed by atoms with van der Waals surface area (Å²) < 4.78 is 50.8. The van der Waals surface area contributed by atoms with E-state index in [0.29, 0.717) is 0 Å². The topological polar surface area (TPSA) is 0 Å². The van der Waals surface area contributed by atoms with Gasteiger partial charge in [0.2, 0.25) is 0 Å². The van der Waals surface area contributed by atoms with Crippen molar-refractivity contribution in [3.8, 4) is 0 Å². The first-order chi connectivity index (χ1) is 6.45. The van der Waals surface area contributed by atoms with Gasteiger partial charge in [0.05, 0.1) is 5.92 Å². The lowest BCUT2D eigenvalue weighted by atomic mass is 9.73. The molecule has 0 saturated heterocycles. The molecule has 1 saturated carbocycles. The molecule has 1 unspecified atom stereocenters. The molecule has 1 aliphatic rings. The zero-order valence-electron chi connectivity index (χ0n) is 7.18. The summed E-state index contributed by atoms with van der Waals surface area (Å²) in [5, 5.41) is 0. The molecule has 0 N–H and O–H groups in total. The van der Waals surface area contributed by atoms with Crippen LogP contribution in [0.2, 0.25) is 0 Å². The first-order valence-corrected chi connectivity index (χ1v) is 4.26. The second-order valence-corrected chi connectivity index (χ2v) is 3.49.